The van der Waals surface area contributed by atoms with Crippen molar-refractivity contribution >= 4 is 0 Å². The molecule has 1 rings (SSSR count). The molecule has 0 aliphatic carbocycles. The maximum Gasteiger partial charge on any atom is 0.0628 e. The van der Waals surface area contributed by atoms with Gasteiger partial charge < -0.3 is 5.11 Å². The van der Waals surface area contributed by atoms with Gasteiger partial charge in [-0.1, -0.05) is 0 Å². The lowest BCUT2D eigenvalue weighted by atomic mass is 10.0. The third kappa shape index (κ3) is 3.11. The third-order valence-electron chi connectivity index (χ3n) is 3.01. The van der Waals surface area contributed by atoms with Gasteiger partial charge in [-0.25, -0.2) is 0 Å². The molecule has 1 heterocycles. The number of hydrogen-bond acceptors (Lipinski definition) is 2. The van der Waals surface area contributed by atoms with Crippen molar-refractivity contribution in [1.82, 2.24) is 9.78 Å². The van der Waals surface area contributed by atoms with Crippen molar-refractivity contribution in [2.24, 2.45) is 7.05 Å². The Bertz CT molecular complexity index is 387. The summed E-state index contributed by atoms with van der Waals surface area (Å²) >= 11 is 0. The zero-order chi connectivity index (χ0) is 12.1. The van der Waals surface area contributed by atoms with Crippen LogP contribution in [0.2, 0.25) is 0 Å². The molecule has 3 heteroatoms. The Kier molecular flexibility index (Phi) is 4.57. The third-order valence-corrected chi connectivity index (χ3v) is 3.01. The first-order chi connectivity index (χ1) is 7.56. The lowest BCUT2D eigenvalue weighted by Crippen LogP contribution is -2.08. The first kappa shape index (κ1) is 12.8. The molecule has 0 aromatic carbocycles. The summed E-state index contributed by atoms with van der Waals surface area (Å²) in [6, 6.07) is 0. The van der Waals surface area contributed by atoms with Crippen molar-refractivity contribution in [2.45, 2.75) is 45.6 Å². The molecule has 0 saturated heterocycles. The maximum absolute atomic E-state index is 9.71. The molecule has 0 aliphatic rings. The van der Waals surface area contributed by atoms with E-state index in [2.05, 4.69) is 17.9 Å². The zero-order valence-electron chi connectivity index (χ0n) is 10.3. The van der Waals surface area contributed by atoms with E-state index in [4.69, 9.17) is 6.42 Å². The summed E-state index contributed by atoms with van der Waals surface area (Å²) in [6.07, 6.45) is 7.83. The molecule has 0 bridgehead atoms. The van der Waals surface area contributed by atoms with Crippen LogP contribution in [0, 0.1) is 26.2 Å². The van der Waals surface area contributed by atoms with Crippen molar-refractivity contribution in [3.8, 4) is 12.3 Å². The van der Waals surface area contributed by atoms with Gasteiger partial charge in [0, 0.05) is 19.2 Å². The average molecular weight is 220 g/mol. The summed E-state index contributed by atoms with van der Waals surface area (Å²) in [7, 11) is 1.95. The molecule has 16 heavy (non-hydrogen) atoms. The van der Waals surface area contributed by atoms with Crippen molar-refractivity contribution < 1.29 is 5.11 Å². The summed E-state index contributed by atoms with van der Waals surface area (Å²) in [5.41, 5.74) is 3.49. The zero-order valence-corrected chi connectivity index (χ0v) is 10.3. The summed E-state index contributed by atoms with van der Waals surface area (Å²) in [5, 5.41) is 14.1. The highest BCUT2D eigenvalue weighted by Crippen LogP contribution is 2.16. The van der Waals surface area contributed by atoms with E-state index in [1.54, 1.807) is 0 Å². The molecule has 0 radical (unpaired) electrons. The molecule has 0 spiro atoms. The Morgan fingerprint density at radius 1 is 1.44 bits per heavy atom. The summed E-state index contributed by atoms with van der Waals surface area (Å²) in [5.74, 6) is 2.55. The van der Waals surface area contributed by atoms with Gasteiger partial charge in [0.05, 0.1) is 11.8 Å². The smallest absolute Gasteiger partial charge is 0.0628 e. The fourth-order valence-electron chi connectivity index (χ4n) is 1.88. The Balaban J connectivity index is 2.52. The van der Waals surface area contributed by atoms with Crippen LogP contribution >= 0.6 is 0 Å². The largest absolute Gasteiger partial charge is 0.393 e. The first-order valence-electron chi connectivity index (χ1n) is 5.66. The lowest BCUT2D eigenvalue weighted by molar-refractivity contribution is 0.156. The molecule has 1 N–H and O–H groups in total. The van der Waals surface area contributed by atoms with Gasteiger partial charge in [0.1, 0.15) is 0 Å². The number of rotatable bonds is 5. The van der Waals surface area contributed by atoms with Crippen LogP contribution in [0.3, 0.4) is 0 Å². The molecule has 3 nitrogen and oxygen atoms in total. The van der Waals surface area contributed by atoms with Gasteiger partial charge in [-0.2, -0.15) is 5.10 Å². The van der Waals surface area contributed by atoms with E-state index >= 15 is 0 Å². The quantitative estimate of drug-likeness (QED) is 0.768. The molecule has 1 aromatic heterocycles. The Labute approximate surface area is 97.5 Å². The summed E-state index contributed by atoms with van der Waals surface area (Å²) in [4.78, 5) is 0. The molecule has 0 saturated carbocycles. The molecular weight excluding hydrogens is 200 g/mol. The molecule has 0 aliphatic heterocycles. The highest BCUT2D eigenvalue weighted by molar-refractivity contribution is 5.24. The van der Waals surface area contributed by atoms with E-state index in [9.17, 15) is 5.11 Å². The first-order valence-corrected chi connectivity index (χ1v) is 5.66. The topological polar surface area (TPSA) is 38.1 Å². The number of aryl methyl sites for hydroxylation is 2. The van der Waals surface area contributed by atoms with Crippen LogP contribution in [0.15, 0.2) is 0 Å². The molecule has 88 valence electrons. The molecular formula is C13H20N2O. The van der Waals surface area contributed by atoms with Crippen LogP contribution in [0.4, 0.5) is 0 Å². The van der Waals surface area contributed by atoms with Gasteiger partial charge in [0.15, 0.2) is 0 Å². The van der Waals surface area contributed by atoms with Crippen molar-refractivity contribution in [3.05, 3.63) is 17.0 Å². The molecule has 0 amide bonds. The van der Waals surface area contributed by atoms with Gasteiger partial charge in [0.25, 0.3) is 0 Å². The SMILES string of the molecule is C#CCCC(O)CCc1c(C)nn(C)c1C. The molecule has 1 atom stereocenters. The maximum atomic E-state index is 9.71. The number of aromatic nitrogens is 2. The molecule has 1 aromatic rings. The fraction of sp³-hybridized carbons (Fsp3) is 0.615. The Morgan fingerprint density at radius 3 is 2.62 bits per heavy atom. The molecule has 1 unspecified atom stereocenters. The Morgan fingerprint density at radius 2 is 2.12 bits per heavy atom. The predicted octanol–water partition coefficient (Wildman–Crippen LogP) is 1.74. The second-order valence-electron chi connectivity index (χ2n) is 4.21. The minimum Gasteiger partial charge on any atom is -0.393 e. The van der Waals surface area contributed by atoms with Gasteiger partial charge in [-0.05, 0) is 38.7 Å². The van der Waals surface area contributed by atoms with Crippen LogP contribution in [0.5, 0.6) is 0 Å². The lowest BCUT2D eigenvalue weighted by Gasteiger charge is -2.08. The average Bonchev–Trinajstić information content (AvgIpc) is 2.48. The second kappa shape index (κ2) is 5.72. The highest BCUT2D eigenvalue weighted by atomic mass is 16.3. The van der Waals surface area contributed by atoms with Gasteiger partial charge in [-0.3, -0.25) is 4.68 Å². The van der Waals surface area contributed by atoms with Crippen LogP contribution < -0.4 is 0 Å². The van der Waals surface area contributed by atoms with Gasteiger partial charge in [0.2, 0.25) is 0 Å². The minimum absolute atomic E-state index is 0.296. The van der Waals surface area contributed by atoms with Crippen LogP contribution in [-0.2, 0) is 13.5 Å². The van der Waals surface area contributed by atoms with E-state index in [-0.39, 0.29) is 6.10 Å². The number of hydrogen-bond donors (Lipinski definition) is 1. The normalized spacial score (nSPS) is 12.4. The van der Waals surface area contributed by atoms with Gasteiger partial charge >= 0.3 is 0 Å². The summed E-state index contributed by atoms with van der Waals surface area (Å²) in [6.45, 7) is 4.07. The van der Waals surface area contributed by atoms with Crippen molar-refractivity contribution in [2.75, 3.05) is 0 Å². The van der Waals surface area contributed by atoms with Crippen molar-refractivity contribution in [1.29, 1.82) is 0 Å². The van der Waals surface area contributed by atoms with E-state index in [0.29, 0.717) is 12.8 Å². The number of aliphatic hydroxyl groups is 1. The molecule has 0 fully saturated rings. The van der Waals surface area contributed by atoms with Crippen LogP contribution in [0.1, 0.15) is 36.2 Å². The second-order valence-corrected chi connectivity index (χ2v) is 4.21. The van der Waals surface area contributed by atoms with E-state index < -0.39 is 0 Å². The standard InChI is InChI=1S/C13H20N2O/c1-5-6-7-12(16)8-9-13-10(2)14-15(4)11(13)3/h1,12,16H,6-9H2,2-4H3. The summed E-state index contributed by atoms with van der Waals surface area (Å²) < 4.78 is 1.89. The number of aliphatic hydroxyl groups excluding tert-OH is 1. The highest BCUT2D eigenvalue weighted by Gasteiger charge is 2.11. The van der Waals surface area contributed by atoms with Crippen LogP contribution in [-0.4, -0.2) is 21.0 Å². The minimum atomic E-state index is -0.296. The van der Waals surface area contributed by atoms with Crippen LogP contribution in [0.25, 0.3) is 0 Å². The number of nitrogens with zero attached hydrogens (tertiary/aromatic N) is 2. The Hall–Kier alpha value is -1.27. The van der Waals surface area contributed by atoms with Crippen molar-refractivity contribution in [3.63, 3.8) is 0 Å². The van der Waals surface area contributed by atoms with E-state index in [1.807, 2.05) is 18.7 Å². The van der Waals surface area contributed by atoms with E-state index in [0.717, 1.165) is 18.5 Å². The predicted molar refractivity (Wildman–Crippen MR) is 65.1 cm³/mol. The number of terminal acetylenes is 1. The van der Waals surface area contributed by atoms with Gasteiger partial charge in [-0.15, -0.1) is 12.3 Å². The monoisotopic (exact) mass is 220 g/mol. The fourth-order valence-corrected chi connectivity index (χ4v) is 1.88. The van der Waals surface area contributed by atoms with E-state index in [1.165, 1.54) is 11.3 Å².